The van der Waals surface area contributed by atoms with E-state index in [1.165, 1.54) is 0 Å². The fraction of sp³-hybridized carbons (Fsp3) is 0.818. The Morgan fingerprint density at radius 2 is 2.29 bits per heavy atom. The van der Waals surface area contributed by atoms with Crippen LogP contribution in [-0.4, -0.2) is 43.4 Å². The first kappa shape index (κ1) is 16.5. The lowest BCUT2D eigenvalue weighted by Crippen LogP contribution is -2.47. The molecule has 1 heterocycles. The highest BCUT2D eigenvalue weighted by molar-refractivity contribution is 14.0. The number of piperidine rings is 1. The van der Waals surface area contributed by atoms with Crippen LogP contribution < -0.4 is 11.1 Å². The first-order chi connectivity index (χ1) is 7.67. The highest BCUT2D eigenvalue weighted by atomic mass is 127. The molecule has 3 N–H and O–H groups in total. The number of hydrogen-bond acceptors (Lipinski definition) is 2. The van der Waals surface area contributed by atoms with Crippen LogP contribution in [-0.2, 0) is 4.79 Å². The zero-order valence-corrected chi connectivity index (χ0v) is 12.9. The number of nitrogens with one attached hydrogen (secondary N) is 1. The van der Waals surface area contributed by atoms with Crippen molar-refractivity contribution < 1.29 is 4.79 Å². The van der Waals surface area contributed by atoms with Crippen molar-refractivity contribution in [3.8, 4) is 0 Å². The van der Waals surface area contributed by atoms with Crippen molar-refractivity contribution >= 4 is 35.8 Å². The minimum Gasteiger partial charge on any atom is -0.370 e. The molecule has 0 aliphatic carbocycles. The second-order valence-electron chi connectivity index (χ2n) is 4.20. The van der Waals surface area contributed by atoms with Crippen molar-refractivity contribution in [2.45, 2.75) is 26.2 Å². The van der Waals surface area contributed by atoms with Gasteiger partial charge < -0.3 is 16.0 Å². The summed E-state index contributed by atoms with van der Waals surface area (Å²) in [7, 11) is 1.79. The van der Waals surface area contributed by atoms with Gasteiger partial charge in [0.1, 0.15) is 0 Å². The van der Waals surface area contributed by atoms with Crippen LogP contribution in [0.2, 0.25) is 0 Å². The Bertz CT molecular complexity index is 270. The second kappa shape index (κ2) is 8.54. The van der Waals surface area contributed by atoms with E-state index < -0.39 is 0 Å². The molecule has 100 valence electrons. The molecule has 1 aliphatic heterocycles. The molecule has 5 nitrogen and oxygen atoms in total. The number of rotatable bonds is 3. The molecule has 1 rings (SSSR count). The SMILES string of the molecule is CCNC(=NC)N1CCCC(CC(N)=O)C1.I. The minimum absolute atomic E-state index is 0. The number of aliphatic imine (C=N–C) groups is 1. The predicted octanol–water partition coefficient (Wildman–Crippen LogP) is 0.787. The molecule has 0 aromatic carbocycles. The summed E-state index contributed by atoms with van der Waals surface area (Å²) < 4.78 is 0. The Hall–Kier alpha value is -0.530. The molecule has 6 heteroatoms. The summed E-state index contributed by atoms with van der Waals surface area (Å²) in [5.74, 6) is 1.10. The molecular weight excluding hydrogens is 331 g/mol. The quantitative estimate of drug-likeness (QED) is 0.447. The number of carbonyl (C=O) groups is 1. The molecule has 1 unspecified atom stereocenters. The maximum Gasteiger partial charge on any atom is 0.217 e. The average molecular weight is 354 g/mol. The molecule has 1 amide bonds. The monoisotopic (exact) mass is 354 g/mol. The van der Waals surface area contributed by atoms with Gasteiger partial charge in [0.05, 0.1) is 0 Å². The number of nitrogens with two attached hydrogens (primary N) is 1. The molecule has 0 bridgehead atoms. The molecule has 0 aromatic heterocycles. The molecule has 0 radical (unpaired) electrons. The van der Waals surface area contributed by atoms with E-state index in [1.54, 1.807) is 7.05 Å². The second-order valence-corrected chi connectivity index (χ2v) is 4.20. The number of hydrogen-bond donors (Lipinski definition) is 2. The molecule has 1 fully saturated rings. The first-order valence-electron chi connectivity index (χ1n) is 5.91. The van der Waals surface area contributed by atoms with Gasteiger partial charge in [0, 0.05) is 33.1 Å². The van der Waals surface area contributed by atoms with Gasteiger partial charge in [-0.25, -0.2) is 0 Å². The molecule has 0 aromatic rings. The number of carbonyl (C=O) groups excluding carboxylic acids is 1. The maximum atomic E-state index is 10.9. The van der Waals surface area contributed by atoms with Gasteiger partial charge in [0.25, 0.3) is 0 Å². The lowest BCUT2D eigenvalue weighted by Gasteiger charge is -2.34. The highest BCUT2D eigenvalue weighted by Crippen LogP contribution is 2.19. The van der Waals surface area contributed by atoms with E-state index in [0.29, 0.717) is 12.3 Å². The van der Waals surface area contributed by atoms with Gasteiger partial charge in [-0.05, 0) is 25.7 Å². The van der Waals surface area contributed by atoms with Crippen LogP contribution in [0.3, 0.4) is 0 Å². The Morgan fingerprint density at radius 1 is 1.59 bits per heavy atom. The third-order valence-electron chi connectivity index (χ3n) is 2.86. The van der Waals surface area contributed by atoms with Crippen LogP contribution in [0, 0.1) is 5.92 Å². The summed E-state index contributed by atoms with van der Waals surface area (Å²) in [6.07, 6.45) is 2.67. The standard InChI is InChI=1S/C11H22N4O.HI/c1-3-14-11(13-2)15-6-4-5-9(8-15)7-10(12)16;/h9H,3-8H2,1-2H3,(H2,12,16)(H,13,14);1H. The van der Waals surface area contributed by atoms with Crippen LogP contribution in [0.15, 0.2) is 4.99 Å². The van der Waals surface area contributed by atoms with Crippen molar-refractivity contribution in [3.63, 3.8) is 0 Å². The summed E-state index contributed by atoms with van der Waals surface area (Å²) in [4.78, 5) is 17.3. The van der Waals surface area contributed by atoms with E-state index >= 15 is 0 Å². The predicted molar refractivity (Wildman–Crippen MR) is 80.6 cm³/mol. The molecule has 1 atom stereocenters. The van der Waals surface area contributed by atoms with Gasteiger partial charge in [0.15, 0.2) is 5.96 Å². The van der Waals surface area contributed by atoms with E-state index in [1.807, 2.05) is 0 Å². The maximum absolute atomic E-state index is 10.9. The molecule has 1 aliphatic rings. The fourth-order valence-electron chi connectivity index (χ4n) is 2.20. The Labute approximate surface area is 120 Å². The molecule has 0 saturated carbocycles. The molecule has 17 heavy (non-hydrogen) atoms. The summed E-state index contributed by atoms with van der Waals surface area (Å²) in [6, 6.07) is 0. The molecule has 0 spiro atoms. The van der Waals surface area contributed by atoms with Crippen molar-refractivity contribution in [1.29, 1.82) is 0 Å². The van der Waals surface area contributed by atoms with Crippen molar-refractivity contribution in [3.05, 3.63) is 0 Å². The molecular formula is C11H23IN4O. The lowest BCUT2D eigenvalue weighted by atomic mass is 9.95. The lowest BCUT2D eigenvalue weighted by molar-refractivity contribution is -0.119. The van der Waals surface area contributed by atoms with Crippen LogP contribution in [0.25, 0.3) is 0 Å². The number of halogens is 1. The van der Waals surface area contributed by atoms with Gasteiger partial charge in [-0.3, -0.25) is 9.79 Å². The largest absolute Gasteiger partial charge is 0.370 e. The smallest absolute Gasteiger partial charge is 0.217 e. The van der Waals surface area contributed by atoms with E-state index in [2.05, 4.69) is 22.1 Å². The number of likely N-dealkylation sites (tertiary alicyclic amines) is 1. The van der Waals surface area contributed by atoms with E-state index in [4.69, 9.17) is 5.73 Å². The third kappa shape index (κ3) is 5.56. The number of guanidine groups is 1. The Morgan fingerprint density at radius 3 is 2.82 bits per heavy atom. The normalized spacial score (nSPS) is 20.7. The summed E-state index contributed by atoms with van der Waals surface area (Å²) in [5, 5.41) is 3.24. The third-order valence-corrected chi connectivity index (χ3v) is 2.86. The van der Waals surface area contributed by atoms with Crippen molar-refractivity contribution in [2.24, 2.45) is 16.6 Å². The van der Waals surface area contributed by atoms with E-state index in [9.17, 15) is 4.79 Å². The van der Waals surface area contributed by atoms with Gasteiger partial charge in [-0.1, -0.05) is 0 Å². The summed E-state index contributed by atoms with van der Waals surface area (Å²) in [5.41, 5.74) is 5.23. The van der Waals surface area contributed by atoms with Gasteiger partial charge in [-0.15, -0.1) is 24.0 Å². The summed E-state index contributed by atoms with van der Waals surface area (Å²) >= 11 is 0. The Kier molecular flexibility index (Phi) is 8.28. The van der Waals surface area contributed by atoms with Gasteiger partial charge in [-0.2, -0.15) is 0 Å². The zero-order chi connectivity index (χ0) is 12.0. The molecule has 1 saturated heterocycles. The van der Waals surface area contributed by atoms with Crippen LogP contribution >= 0.6 is 24.0 Å². The van der Waals surface area contributed by atoms with Crippen LogP contribution in [0.1, 0.15) is 26.2 Å². The van der Waals surface area contributed by atoms with Crippen LogP contribution in [0.5, 0.6) is 0 Å². The van der Waals surface area contributed by atoms with E-state index in [-0.39, 0.29) is 29.9 Å². The van der Waals surface area contributed by atoms with Crippen LogP contribution in [0.4, 0.5) is 0 Å². The van der Waals surface area contributed by atoms with Crippen molar-refractivity contribution in [2.75, 3.05) is 26.7 Å². The zero-order valence-electron chi connectivity index (χ0n) is 10.6. The fourth-order valence-corrected chi connectivity index (χ4v) is 2.20. The topological polar surface area (TPSA) is 70.7 Å². The highest BCUT2D eigenvalue weighted by Gasteiger charge is 2.23. The number of primary amides is 1. The van der Waals surface area contributed by atoms with Gasteiger partial charge in [0.2, 0.25) is 5.91 Å². The number of nitrogens with zero attached hydrogens (tertiary/aromatic N) is 2. The van der Waals surface area contributed by atoms with E-state index in [0.717, 1.165) is 38.4 Å². The Balaban J connectivity index is 0.00000256. The first-order valence-corrected chi connectivity index (χ1v) is 5.91. The number of amides is 1. The minimum atomic E-state index is -0.203. The summed E-state index contributed by atoms with van der Waals surface area (Å²) in [6.45, 7) is 4.80. The average Bonchev–Trinajstić information content (AvgIpc) is 2.25. The van der Waals surface area contributed by atoms with Gasteiger partial charge >= 0.3 is 0 Å². The van der Waals surface area contributed by atoms with Crippen molar-refractivity contribution in [1.82, 2.24) is 10.2 Å².